The number of nitrogens with zero attached hydrogens (tertiary/aromatic N) is 2. The normalized spacial score (nSPS) is 10.4. The zero-order chi connectivity index (χ0) is 11.5. The average molecular weight is 236 g/mol. The summed E-state index contributed by atoms with van der Waals surface area (Å²) in [6.07, 6.45) is 0. The Balaban J connectivity index is 2.11. The predicted octanol–water partition coefficient (Wildman–Crippen LogP) is 2.99. The summed E-state index contributed by atoms with van der Waals surface area (Å²) in [6.45, 7) is 2.59. The molecular weight excluding hydrogens is 222 g/mol. The molecular formula is C12H14ClN3. The van der Waals surface area contributed by atoms with Gasteiger partial charge >= 0.3 is 0 Å². The lowest BCUT2D eigenvalue weighted by atomic mass is 10.3. The molecule has 0 spiro atoms. The second-order valence-corrected chi connectivity index (χ2v) is 4.07. The maximum Gasteiger partial charge on any atom is 0.0865 e. The van der Waals surface area contributed by atoms with E-state index in [-0.39, 0.29) is 0 Å². The third-order valence-corrected chi connectivity index (χ3v) is 2.99. The molecule has 0 unspecified atom stereocenters. The number of nitrogens with one attached hydrogen (secondary N) is 1. The van der Waals surface area contributed by atoms with Crippen LogP contribution in [0.15, 0.2) is 30.3 Å². The summed E-state index contributed by atoms with van der Waals surface area (Å²) in [5.74, 6) is 0. The predicted molar refractivity (Wildman–Crippen MR) is 66.7 cm³/mol. The molecule has 0 aliphatic heterocycles. The van der Waals surface area contributed by atoms with Crippen LogP contribution in [0, 0.1) is 6.92 Å². The van der Waals surface area contributed by atoms with Crippen LogP contribution in [0.3, 0.4) is 0 Å². The van der Waals surface area contributed by atoms with Crippen LogP contribution in [-0.4, -0.2) is 9.78 Å². The van der Waals surface area contributed by atoms with Crippen LogP contribution in [0.5, 0.6) is 0 Å². The van der Waals surface area contributed by atoms with E-state index in [1.165, 1.54) is 0 Å². The zero-order valence-electron chi connectivity index (χ0n) is 9.37. The Hall–Kier alpha value is -1.48. The van der Waals surface area contributed by atoms with Gasteiger partial charge in [-0.2, -0.15) is 5.10 Å². The van der Waals surface area contributed by atoms with Gasteiger partial charge in [0.15, 0.2) is 0 Å². The third-order valence-electron chi connectivity index (χ3n) is 2.50. The second-order valence-electron chi connectivity index (χ2n) is 3.69. The fourth-order valence-corrected chi connectivity index (χ4v) is 1.84. The molecule has 0 bridgehead atoms. The number of anilines is 1. The molecule has 0 aliphatic carbocycles. The molecule has 0 amide bonds. The quantitative estimate of drug-likeness (QED) is 0.887. The molecule has 1 aromatic carbocycles. The largest absolute Gasteiger partial charge is 0.379 e. The Kier molecular flexibility index (Phi) is 3.15. The van der Waals surface area contributed by atoms with E-state index in [0.29, 0.717) is 6.54 Å². The fraction of sp³-hybridized carbons (Fsp3) is 0.250. The van der Waals surface area contributed by atoms with E-state index in [4.69, 9.17) is 11.6 Å². The summed E-state index contributed by atoms with van der Waals surface area (Å²) >= 11 is 6.16. The number of aryl methyl sites for hydroxylation is 2. The fourth-order valence-electron chi connectivity index (χ4n) is 1.61. The molecule has 1 heterocycles. The molecule has 3 nitrogen and oxygen atoms in total. The van der Waals surface area contributed by atoms with E-state index in [1.807, 2.05) is 49.0 Å². The molecule has 2 aromatic rings. The molecule has 1 aromatic heterocycles. The Labute approximate surface area is 100 Å². The van der Waals surface area contributed by atoms with Crippen LogP contribution in [0.1, 0.15) is 11.4 Å². The van der Waals surface area contributed by atoms with E-state index in [9.17, 15) is 0 Å². The SMILES string of the molecule is Cc1nn(C)c(CNc2ccccc2)c1Cl. The molecule has 0 atom stereocenters. The van der Waals surface area contributed by atoms with Gasteiger partial charge in [0.05, 0.1) is 23.0 Å². The Morgan fingerprint density at radius 1 is 1.31 bits per heavy atom. The summed E-state index contributed by atoms with van der Waals surface area (Å²) in [5, 5.41) is 8.32. The molecule has 4 heteroatoms. The van der Waals surface area contributed by atoms with E-state index in [2.05, 4.69) is 10.4 Å². The summed E-state index contributed by atoms with van der Waals surface area (Å²) in [6, 6.07) is 10.0. The second kappa shape index (κ2) is 4.58. The molecule has 0 radical (unpaired) electrons. The first kappa shape index (κ1) is 11.0. The van der Waals surface area contributed by atoms with Gasteiger partial charge in [0, 0.05) is 12.7 Å². The van der Waals surface area contributed by atoms with Gasteiger partial charge in [0.2, 0.25) is 0 Å². The first-order valence-electron chi connectivity index (χ1n) is 5.15. The average Bonchev–Trinajstić information content (AvgIpc) is 2.53. The van der Waals surface area contributed by atoms with E-state index in [0.717, 1.165) is 22.1 Å². The van der Waals surface area contributed by atoms with Gasteiger partial charge in [0.25, 0.3) is 0 Å². The van der Waals surface area contributed by atoms with Crippen molar-refractivity contribution in [1.82, 2.24) is 9.78 Å². The highest BCUT2D eigenvalue weighted by Gasteiger charge is 2.09. The molecule has 84 valence electrons. The summed E-state index contributed by atoms with van der Waals surface area (Å²) in [7, 11) is 1.90. The smallest absolute Gasteiger partial charge is 0.0865 e. The lowest BCUT2D eigenvalue weighted by Crippen LogP contribution is -2.05. The zero-order valence-corrected chi connectivity index (χ0v) is 10.1. The van der Waals surface area contributed by atoms with Crippen LogP contribution in [0.2, 0.25) is 5.02 Å². The number of aromatic nitrogens is 2. The van der Waals surface area contributed by atoms with Crippen molar-refractivity contribution in [3.8, 4) is 0 Å². The first-order chi connectivity index (χ1) is 7.68. The molecule has 1 N–H and O–H groups in total. The Morgan fingerprint density at radius 3 is 2.56 bits per heavy atom. The summed E-state index contributed by atoms with van der Waals surface area (Å²) in [5.41, 5.74) is 2.95. The maximum absolute atomic E-state index is 6.16. The highest BCUT2D eigenvalue weighted by molar-refractivity contribution is 6.31. The molecule has 0 saturated carbocycles. The Bertz CT molecular complexity index is 477. The highest BCUT2D eigenvalue weighted by Crippen LogP contribution is 2.20. The standard InChI is InChI=1S/C12H14ClN3/c1-9-12(13)11(16(2)15-9)8-14-10-6-4-3-5-7-10/h3-7,14H,8H2,1-2H3. The van der Waals surface area contributed by atoms with Crippen LogP contribution < -0.4 is 5.32 Å². The van der Waals surface area contributed by atoms with Crippen LogP contribution >= 0.6 is 11.6 Å². The van der Waals surface area contributed by atoms with Crippen molar-refractivity contribution in [2.45, 2.75) is 13.5 Å². The van der Waals surface area contributed by atoms with Crippen molar-refractivity contribution < 1.29 is 0 Å². The van der Waals surface area contributed by atoms with Crippen molar-refractivity contribution >= 4 is 17.3 Å². The number of para-hydroxylation sites is 1. The monoisotopic (exact) mass is 235 g/mol. The van der Waals surface area contributed by atoms with E-state index >= 15 is 0 Å². The number of hydrogen-bond acceptors (Lipinski definition) is 2. The van der Waals surface area contributed by atoms with Crippen molar-refractivity contribution in [2.75, 3.05) is 5.32 Å². The van der Waals surface area contributed by atoms with E-state index in [1.54, 1.807) is 0 Å². The summed E-state index contributed by atoms with van der Waals surface area (Å²) < 4.78 is 1.81. The van der Waals surface area contributed by atoms with Crippen molar-refractivity contribution in [3.63, 3.8) is 0 Å². The maximum atomic E-state index is 6.16. The van der Waals surface area contributed by atoms with Gasteiger partial charge in [0.1, 0.15) is 0 Å². The topological polar surface area (TPSA) is 29.9 Å². The van der Waals surface area contributed by atoms with Gasteiger partial charge in [-0.15, -0.1) is 0 Å². The van der Waals surface area contributed by atoms with Gasteiger partial charge in [-0.05, 0) is 19.1 Å². The minimum atomic E-state index is 0.681. The van der Waals surface area contributed by atoms with Gasteiger partial charge in [-0.1, -0.05) is 29.8 Å². The van der Waals surface area contributed by atoms with E-state index < -0.39 is 0 Å². The lowest BCUT2D eigenvalue weighted by Gasteiger charge is -2.06. The molecule has 2 rings (SSSR count). The summed E-state index contributed by atoms with van der Waals surface area (Å²) in [4.78, 5) is 0. The number of hydrogen-bond donors (Lipinski definition) is 1. The number of rotatable bonds is 3. The number of benzene rings is 1. The first-order valence-corrected chi connectivity index (χ1v) is 5.53. The van der Waals surface area contributed by atoms with Crippen molar-refractivity contribution in [3.05, 3.63) is 46.7 Å². The Morgan fingerprint density at radius 2 is 2.00 bits per heavy atom. The molecule has 0 saturated heterocycles. The van der Waals surface area contributed by atoms with Gasteiger partial charge in [-0.3, -0.25) is 4.68 Å². The lowest BCUT2D eigenvalue weighted by molar-refractivity contribution is 0.713. The van der Waals surface area contributed by atoms with Crippen LogP contribution in [0.4, 0.5) is 5.69 Å². The minimum absolute atomic E-state index is 0.681. The van der Waals surface area contributed by atoms with Crippen LogP contribution in [-0.2, 0) is 13.6 Å². The third kappa shape index (κ3) is 2.19. The molecule has 0 aliphatic rings. The van der Waals surface area contributed by atoms with Crippen LogP contribution in [0.25, 0.3) is 0 Å². The van der Waals surface area contributed by atoms with Crippen molar-refractivity contribution in [2.24, 2.45) is 7.05 Å². The van der Waals surface area contributed by atoms with Crippen molar-refractivity contribution in [1.29, 1.82) is 0 Å². The minimum Gasteiger partial charge on any atom is -0.379 e. The van der Waals surface area contributed by atoms with Gasteiger partial charge in [-0.25, -0.2) is 0 Å². The van der Waals surface area contributed by atoms with Gasteiger partial charge < -0.3 is 5.32 Å². The highest BCUT2D eigenvalue weighted by atomic mass is 35.5. The number of halogens is 1. The molecule has 16 heavy (non-hydrogen) atoms. The molecule has 0 fully saturated rings.